The van der Waals surface area contributed by atoms with Crippen LogP contribution in [0.25, 0.3) is 11.4 Å². The molecule has 2 aromatic rings. The zero-order chi connectivity index (χ0) is 22.5. The summed E-state index contributed by atoms with van der Waals surface area (Å²) in [7, 11) is 0. The lowest BCUT2D eigenvalue weighted by atomic mass is 9.96. The molecule has 1 saturated carbocycles. The smallest absolute Gasteiger partial charge is 0.317 e. The molecule has 32 heavy (non-hydrogen) atoms. The largest absolute Gasteiger partial charge is 0.354 e. The first-order valence-corrected chi connectivity index (χ1v) is 12.3. The second-order valence-corrected chi connectivity index (χ2v) is 9.50. The average Bonchev–Trinajstić information content (AvgIpc) is 3.06. The zero-order valence-corrected chi connectivity index (χ0v) is 19.8. The molecule has 0 unspecified atom stereocenters. The first-order valence-electron chi connectivity index (χ1n) is 12.3. The quantitative estimate of drug-likeness (QED) is 0.723. The van der Waals surface area contributed by atoms with Crippen molar-refractivity contribution < 1.29 is 4.79 Å². The first kappa shape index (κ1) is 22.6. The molecule has 2 fully saturated rings. The van der Waals surface area contributed by atoms with Gasteiger partial charge in [0.25, 0.3) is 0 Å². The lowest BCUT2D eigenvalue weighted by molar-refractivity contribution is 0.193. The van der Waals surface area contributed by atoms with Gasteiger partial charge in [0.2, 0.25) is 0 Å². The Hall–Kier alpha value is -2.63. The number of nitrogens with one attached hydrogen (secondary N) is 1. The molecule has 1 aliphatic heterocycles. The highest BCUT2D eigenvalue weighted by Crippen LogP contribution is 2.31. The molecular formula is C26H37N5O. The number of benzene rings is 1. The minimum atomic E-state index is 0.103. The van der Waals surface area contributed by atoms with Crippen LogP contribution in [0.15, 0.2) is 30.3 Å². The van der Waals surface area contributed by atoms with E-state index in [0.717, 1.165) is 68.3 Å². The fourth-order valence-corrected chi connectivity index (χ4v) is 5.04. The van der Waals surface area contributed by atoms with E-state index in [-0.39, 0.29) is 6.03 Å². The van der Waals surface area contributed by atoms with Gasteiger partial charge in [0.1, 0.15) is 5.82 Å². The fraction of sp³-hybridized carbons (Fsp3) is 0.577. The van der Waals surface area contributed by atoms with Gasteiger partial charge in [-0.25, -0.2) is 14.8 Å². The number of amides is 2. The third-order valence-corrected chi connectivity index (χ3v) is 6.74. The highest BCUT2D eigenvalue weighted by Gasteiger charge is 2.26. The van der Waals surface area contributed by atoms with Gasteiger partial charge in [-0.2, -0.15) is 0 Å². The number of carbonyl (C=O) groups excluding carboxylic acids is 1. The summed E-state index contributed by atoms with van der Waals surface area (Å²) in [6.07, 6.45) is 6.94. The SMILES string of the molecule is Cc1nc(-c2ccccc2)nc(N2CCCN(C(=O)NC3CCCCC3)CC2)c1C(C)C. The maximum atomic E-state index is 12.9. The van der Waals surface area contributed by atoms with Crippen LogP contribution in [0.2, 0.25) is 0 Å². The summed E-state index contributed by atoms with van der Waals surface area (Å²) < 4.78 is 0. The molecule has 2 aliphatic rings. The third kappa shape index (κ3) is 5.22. The van der Waals surface area contributed by atoms with E-state index < -0.39 is 0 Å². The number of rotatable bonds is 4. The van der Waals surface area contributed by atoms with Crippen LogP contribution in [0.4, 0.5) is 10.6 Å². The van der Waals surface area contributed by atoms with Crippen molar-refractivity contribution in [2.75, 3.05) is 31.1 Å². The van der Waals surface area contributed by atoms with Gasteiger partial charge in [-0.1, -0.05) is 63.4 Å². The summed E-state index contributed by atoms with van der Waals surface area (Å²) in [5.41, 5.74) is 3.29. The van der Waals surface area contributed by atoms with Crippen LogP contribution in [-0.4, -0.2) is 53.1 Å². The van der Waals surface area contributed by atoms with E-state index in [4.69, 9.17) is 9.97 Å². The van der Waals surface area contributed by atoms with Gasteiger partial charge in [-0.3, -0.25) is 0 Å². The Bertz CT molecular complexity index is 908. The van der Waals surface area contributed by atoms with Crippen molar-refractivity contribution in [2.24, 2.45) is 0 Å². The van der Waals surface area contributed by atoms with Gasteiger partial charge in [-0.15, -0.1) is 0 Å². The first-order chi connectivity index (χ1) is 15.5. The van der Waals surface area contributed by atoms with E-state index in [9.17, 15) is 4.79 Å². The molecule has 6 nitrogen and oxygen atoms in total. The second kappa shape index (κ2) is 10.3. The third-order valence-electron chi connectivity index (χ3n) is 6.74. The van der Waals surface area contributed by atoms with Crippen molar-refractivity contribution in [1.29, 1.82) is 0 Å². The summed E-state index contributed by atoms with van der Waals surface area (Å²) in [4.78, 5) is 27.2. The van der Waals surface area contributed by atoms with Crippen LogP contribution in [0.1, 0.15) is 69.5 Å². The van der Waals surface area contributed by atoms with Crippen molar-refractivity contribution in [3.05, 3.63) is 41.6 Å². The molecular weight excluding hydrogens is 398 g/mol. The van der Waals surface area contributed by atoms with Crippen molar-refractivity contribution in [2.45, 2.75) is 71.3 Å². The van der Waals surface area contributed by atoms with E-state index in [2.05, 4.69) is 43.1 Å². The Kier molecular flexibility index (Phi) is 7.28. The van der Waals surface area contributed by atoms with E-state index in [1.807, 2.05) is 23.1 Å². The number of aromatic nitrogens is 2. The van der Waals surface area contributed by atoms with Gasteiger partial charge < -0.3 is 15.1 Å². The number of hydrogen-bond acceptors (Lipinski definition) is 4. The molecule has 4 rings (SSSR count). The fourth-order valence-electron chi connectivity index (χ4n) is 5.04. The summed E-state index contributed by atoms with van der Waals surface area (Å²) in [5.74, 6) is 2.14. The minimum absolute atomic E-state index is 0.103. The Morgan fingerprint density at radius 3 is 2.44 bits per heavy atom. The van der Waals surface area contributed by atoms with Crippen LogP contribution in [0, 0.1) is 6.92 Å². The number of carbonyl (C=O) groups is 1. The summed E-state index contributed by atoms with van der Waals surface area (Å²) in [6.45, 7) is 9.72. The molecule has 2 amide bonds. The van der Waals surface area contributed by atoms with Crippen molar-refractivity contribution >= 4 is 11.8 Å². The van der Waals surface area contributed by atoms with E-state index in [1.165, 1.54) is 24.8 Å². The number of hydrogen-bond donors (Lipinski definition) is 1. The zero-order valence-electron chi connectivity index (χ0n) is 19.8. The van der Waals surface area contributed by atoms with Gasteiger partial charge in [0.05, 0.1) is 0 Å². The molecule has 0 radical (unpaired) electrons. The van der Waals surface area contributed by atoms with Crippen LogP contribution in [-0.2, 0) is 0 Å². The number of urea groups is 1. The number of nitrogens with zero attached hydrogens (tertiary/aromatic N) is 4. The molecule has 1 aromatic heterocycles. The maximum absolute atomic E-state index is 12.9. The average molecular weight is 436 g/mol. The van der Waals surface area contributed by atoms with E-state index >= 15 is 0 Å². The molecule has 1 aromatic carbocycles. The van der Waals surface area contributed by atoms with Crippen molar-refractivity contribution in [3.63, 3.8) is 0 Å². The van der Waals surface area contributed by atoms with Crippen LogP contribution >= 0.6 is 0 Å². The predicted octanol–water partition coefficient (Wildman–Crippen LogP) is 5.13. The topological polar surface area (TPSA) is 61.4 Å². The minimum Gasteiger partial charge on any atom is -0.354 e. The van der Waals surface area contributed by atoms with Crippen LogP contribution in [0.5, 0.6) is 0 Å². The Morgan fingerprint density at radius 2 is 1.72 bits per heavy atom. The van der Waals surface area contributed by atoms with Gasteiger partial charge in [-0.05, 0) is 32.1 Å². The van der Waals surface area contributed by atoms with E-state index in [0.29, 0.717) is 12.0 Å². The summed E-state index contributed by atoms with van der Waals surface area (Å²) >= 11 is 0. The van der Waals surface area contributed by atoms with Gasteiger partial charge >= 0.3 is 6.03 Å². The molecule has 0 atom stereocenters. The molecule has 0 bridgehead atoms. The van der Waals surface area contributed by atoms with Crippen LogP contribution in [0.3, 0.4) is 0 Å². The van der Waals surface area contributed by atoms with Gasteiger partial charge in [0, 0.05) is 49.0 Å². The highest BCUT2D eigenvalue weighted by molar-refractivity contribution is 5.74. The molecule has 172 valence electrons. The normalized spacial score (nSPS) is 18.0. The molecule has 2 heterocycles. The molecule has 1 aliphatic carbocycles. The monoisotopic (exact) mass is 435 g/mol. The summed E-state index contributed by atoms with van der Waals surface area (Å²) in [5, 5.41) is 3.28. The summed E-state index contributed by atoms with van der Waals surface area (Å²) in [6, 6.07) is 10.6. The Labute approximate surface area is 192 Å². The Morgan fingerprint density at radius 1 is 0.969 bits per heavy atom. The van der Waals surface area contributed by atoms with Crippen molar-refractivity contribution in [1.82, 2.24) is 20.2 Å². The molecule has 6 heteroatoms. The standard InChI is InChI=1S/C26H37N5O/c1-19(2)23-20(3)27-24(21-11-6-4-7-12-21)29-25(23)30-15-10-16-31(18-17-30)26(32)28-22-13-8-5-9-14-22/h4,6-7,11-12,19,22H,5,8-10,13-18H2,1-3H3,(H,28,32). The molecule has 1 saturated heterocycles. The number of anilines is 1. The molecule has 1 N–H and O–H groups in total. The highest BCUT2D eigenvalue weighted by atomic mass is 16.2. The van der Waals surface area contributed by atoms with Gasteiger partial charge in [0.15, 0.2) is 5.82 Å². The lowest BCUT2D eigenvalue weighted by Crippen LogP contribution is -2.46. The maximum Gasteiger partial charge on any atom is 0.317 e. The van der Waals surface area contributed by atoms with Crippen LogP contribution < -0.4 is 10.2 Å². The van der Waals surface area contributed by atoms with Crippen molar-refractivity contribution in [3.8, 4) is 11.4 Å². The van der Waals surface area contributed by atoms with E-state index in [1.54, 1.807) is 0 Å². The molecule has 0 spiro atoms. The lowest BCUT2D eigenvalue weighted by Gasteiger charge is -2.28. The Balaban J connectivity index is 1.52. The second-order valence-electron chi connectivity index (χ2n) is 9.50. The number of aryl methyl sites for hydroxylation is 1. The predicted molar refractivity (Wildman–Crippen MR) is 130 cm³/mol.